The number of nitrogens with zero attached hydrogens (tertiary/aromatic N) is 2. The third kappa shape index (κ3) is 5.35. The van der Waals surface area contributed by atoms with Crippen molar-refractivity contribution in [3.05, 3.63) is 110 Å². The Hall–Kier alpha value is -3.77. The monoisotopic (exact) mass is 515 g/mol. The maximum absolute atomic E-state index is 13.6. The first kappa shape index (κ1) is 24.9. The number of hydrogen-bond donors (Lipinski definition) is 1. The molecule has 0 bridgehead atoms. The summed E-state index contributed by atoms with van der Waals surface area (Å²) in [6.45, 7) is 4.04. The number of hydrogen-bond acceptors (Lipinski definition) is 3. The summed E-state index contributed by atoms with van der Waals surface area (Å²) in [6.07, 6.45) is 2.97. The van der Waals surface area contributed by atoms with Crippen molar-refractivity contribution >= 4 is 17.5 Å². The maximum atomic E-state index is 13.6. The van der Waals surface area contributed by atoms with E-state index in [0.717, 1.165) is 24.8 Å². The summed E-state index contributed by atoms with van der Waals surface area (Å²) >= 11 is 6.19. The second-order valence-corrected chi connectivity index (χ2v) is 9.94. The Kier molecular flexibility index (Phi) is 7.19. The van der Waals surface area contributed by atoms with Crippen LogP contribution in [0, 0.1) is 0 Å². The van der Waals surface area contributed by atoms with E-state index in [0.29, 0.717) is 34.3 Å². The Balaban J connectivity index is 1.43. The number of amides is 1. The topological polar surface area (TPSA) is 65.3 Å². The number of carbonyl (C=O) groups excluding carboxylic acids is 1. The molecule has 0 radical (unpaired) electrons. The molecule has 1 aromatic heterocycles. The Morgan fingerprint density at radius 2 is 1.81 bits per heavy atom. The van der Waals surface area contributed by atoms with E-state index in [1.165, 1.54) is 11.1 Å². The Bertz CT molecular complexity index is 1470. The highest BCUT2D eigenvalue weighted by Gasteiger charge is 2.29. The van der Waals surface area contributed by atoms with Crippen LogP contribution in [-0.4, -0.2) is 21.3 Å². The van der Waals surface area contributed by atoms with Crippen molar-refractivity contribution in [2.45, 2.75) is 52.1 Å². The van der Waals surface area contributed by atoms with Crippen LogP contribution in [0.3, 0.4) is 0 Å². The van der Waals surface area contributed by atoms with E-state index < -0.39 is 0 Å². The SMILES string of the molecule is CCc1ccc(-n2c(=O)c3c(n2CC(=O)N[C@H](C)CCc2ccccc2)Oc2ccc(Cl)cc2C3)cc1. The van der Waals surface area contributed by atoms with Gasteiger partial charge in [0.2, 0.25) is 11.8 Å². The van der Waals surface area contributed by atoms with Crippen LogP contribution < -0.4 is 15.6 Å². The van der Waals surface area contributed by atoms with Gasteiger partial charge in [-0.15, -0.1) is 0 Å². The lowest BCUT2D eigenvalue weighted by Crippen LogP contribution is -2.37. The minimum Gasteiger partial charge on any atom is -0.439 e. The van der Waals surface area contributed by atoms with Crippen LogP contribution in [0.5, 0.6) is 11.6 Å². The molecular formula is C30H30ClN3O3. The van der Waals surface area contributed by atoms with E-state index in [9.17, 15) is 9.59 Å². The molecule has 0 saturated heterocycles. The van der Waals surface area contributed by atoms with Gasteiger partial charge in [0, 0.05) is 23.0 Å². The second-order valence-electron chi connectivity index (χ2n) is 9.50. The average Bonchev–Trinajstić information content (AvgIpc) is 3.16. The van der Waals surface area contributed by atoms with Crippen molar-refractivity contribution in [2.75, 3.05) is 0 Å². The Morgan fingerprint density at radius 1 is 1.05 bits per heavy atom. The van der Waals surface area contributed by atoms with Gasteiger partial charge in [0.25, 0.3) is 5.56 Å². The van der Waals surface area contributed by atoms with Gasteiger partial charge in [-0.2, -0.15) is 0 Å². The van der Waals surface area contributed by atoms with Crippen LogP contribution in [0.15, 0.2) is 77.6 Å². The molecule has 190 valence electrons. The van der Waals surface area contributed by atoms with Crippen LogP contribution >= 0.6 is 11.6 Å². The number of aryl methyl sites for hydroxylation is 2. The number of nitrogens with one attached hydrogen (secondary N) is 1. The fourth-order valence-electron chi connectivity index (χ4n) is 4.75. The van der Waals surface area contributed by atoms with Crippen molar-refractivity contribution < 1.29 is 9.53 Å². The van der Waals surface area contributed by atoms with Gasteiger partial charge in [0.05, 0.1) is 11.3 Å². The zero-order valence-electron chi connectivity index (χ0n) is 21.0. The minimum atomic E-state index is -0.199. The molecule has 0 saturated carbocycles. The van der Waals surface area contributed by atoms with Crippen molar-refractivity contribution in [2.24, 2.45) is 0 Å². The van der Waals surface area contributed by atoms with Crippen LogP contribution in [0.1, 0.15) is 42.5 Å². The molecule has 0 aliphatic carbocycles. The van der Waals surface area contributed by atoms with Gasteiger partial charge in [-0.05, 0) is 67.6 Å². The molecule has 1 amide bonds. The second kappa shape index (κ2) is 10.7. The molecule has 2 heterocycles. The number of ether oxygens (including phenoxy) is 1. The van der Waals surface area contributed by atoms with Gasteiger partial charge in [0.15, 0.2) is 0 Å². The predicted octanol–water partition coefficient (Wildman–Crippen LogP) is 5.69. The maximum Gasteiger partial charge on any atom is 0.278 e. The zero-order chi connectivity index (χ0) is 25.9. The number of carbonyl (C=O) groups is 1. The molecular weight excluding hydrogens is 486 g/mol. The highest BCUT2D eigenvalue weighted by molar-refractivity contribution is 6.30. The van der Waals surface area contributed by atoms with E-state index >= 15 is 0 Å². The minimum absolute atomic E-state index is 0.0214. The third-order valence-corrected chi connectivity index (χ3v) is 7.01. The molecule has 3 aromatic carbocycles. The number of halogens is 1. The number of aromatic nitrogens is 2. The summed E-state index contributed by atoms with van der Waals surface area (Å²) in [4.78, 5) is 26.8. The van der Waals surface area contributed by atoms with E-state index in [-0.39, 0.29) is 24.1 Å². The summed E-state index contributed by atoms with van der Waals surface area (Å²) in [5, 5.41) is 3.68. The normalized spacial score (nSPS) is 12.8. The molecule has 0 spiro atoms. The fourth-order valence-corrected chi connectivity index (χ4v) is 4.94. The highest BCUT2D eigenvalue weighted by atomic mass is 35.5. The van der Waals surface area contributed by atoms with E-state index in [1.54, 1.807) is 21.5 Å². The van der Waals surface area contributed by atoms with Gasteiger partial charge in [0.1, 0.15) is 12.3 Å². The Labute approximate surface area is 221 Å². The first-order valence-electron chi connectivity index (χ1n) is 12.7. The molecule has 0 fully saturated rings. The largest absolute Gasteiger partial charge is 0.439 e. The lowest BCUT2D eigenvalue weighted by molar-refractivity contribution is -0.122. The average molecular weight is 516 g/mol. The predicted molar refractivity (Wildman–Crippen MR) is 146 cm³/mol. The summed E-state index contributed by atoms with van der Waals surface area (Å²) in [5.74, 6) is 0.857. The van der Waals surface area contributed by atoms with E-state index in [4.69, 9.17) is 16.3 Å². The third-order valence-electron chi connectivity index (χ3n) is 6.78. The molecule has 1 aliphatic rings. The van der Waals surface area contributed by atoms with Gasteiger partial charge >= 0.3 is 0 Å². The molecule has 1 atom stereocenters. The van der Waals surface area contributed by atoms with Crippen molar-refractivity contribution in [1.29, 1.82) is 0 Å². The molecule has 37 heavy (non-hydrogen) atoms. The summed E-state index contributed by atoms with van der Waals surface area (Å²) in [7, 11) is 0. The molecule has 7 heteroatoms. The molecule has 1 aliphatic heterocycles. The first-order chi connectivity index (χ1) is 17.9. The van der Waals surface area contributed by atoms with Gasteiger partial charge < -0.3 is 10.1 Å². The van der Waals surface area contributed by atoms with Crippen LogP contribution in [0.2, 0.25) is 5.02 Å². The first-order valence-corrected chi connectivity index (χ1v) is 13.0. The molecule has 1 N–H and O–H groups in total. The van der Waals surface area contributed by atoms with E-state index in [2.05, 4.69) is 24.4 Å². The quantitative estimate of drug-likeness (QED) is 0.289. The van der Waals surface area contributed by atoms with E-state index in [1.807, 2.05) is 55.5 Å². The highest BCUT2D eigenvalue weighted by Crippen LogP contribution is 2.37. The molecule has 6 nitrogen and oxygen atoms in total. The van der Waals surface area contributed by atoms with Crippen molar-refractivity contribution in [3.8, 4) is 17.3 Å². The summed E-state index contributed by atoms with van der Waals surface area (Å²) in [6, 6.07) is 23.4. The zero-order valence-corrected chi connectivity index (χ0v) is 21.8. The van der Waals surface area contributed by atoms with Crippen molar-refractivity contribution in [3.63, 3.8) is 0 Å². The Morgan fingerprint density at radius 3 is 2.54 bits per heavy atom. The van der Waals surface area contributed by atoms with Crippen LogP contribution in [0.25, 0.3) is 5.69 Å². The number of fused-ring (bicyclic) bond motifs is 2. The van der Waals surface area contributed by atoms with Crippen molar-refractivity contribution in [1.82, 2.24) is 14.7 Å². The molecule has 5 rings (SSSR count). The fraction of sp³-hybridized carbons (Fsp3) is 0.267. The van der Waals surface area contributed by atoms with Crippen LogP contribution in [0.4, 0.5) is 0 Å². The lowest BCUT2D eigenvalue weighted by atomic mass is 10.0. The standard InChI is InChI=1S/C30H30ClN3O3/c1-3-21-11-14-25(15-12-21)34-29(36)26-18-23-17-24(31)13-16-27(23)37-30(26)33(34)19-28(35)32-20(2)9-10-22-7-5-4-6-8-22/h4-8,11-17,20H,3,9-10,18-19H2,1-2H3,(H,32,35)/t20-/m1/s1. The van der Waals surface area contributed by atoms with Gasteiger partial charge in [-0.3, -0.25) is 9.59 Å². The lowest BCUT2D eigenvalue weighted by Gasteiger charge is -2.20. The number of rotatable bonds is 8. The number of benzene rings is 3. The van der Waals surface area contributed by atoms with Crippen LogP contribution in [-0.2, 0) is 30.6 Å². The summed E-state index contributed by atoms with van der Waals surface area (Å²) < 4.78 is 9.40. The van der Waals surface area contributed by atoms with Gasteiger partial charge in [-0.25, -0.2) is 9.36 Å². The molecule has 0 unspecified atom stereocenters. The molecule has 4 aromatic rings. The van der Waals surface area contributed by atoms with Gasteiger partial charge in [-0.1, -0.05) is 61.0 Å². The summed E-state index contributed by atoms with van der Waals surface area (Å²) in [5.41, 5.74) is 4.26. The smallest absolute Gasteiger partial charge is 0.278 e.